The number of carbonyl (C=O) groups is 2. The van der Waals surface area contributed by atoms with Gasteiger partial charge in [-0.1, -0.05) is 18.2 Å². The summed E-state index contributed by atoms with van der Waals surface area (Å²) in [5, 5.41) is 5.72. The fourth-order valence-electron chi connectivity index (χ4n) is 2.54. The maximum absolute atomic E-state index is 13.6. The van der Waals surface area contributed by atoms with Crippen LogP contribution in [0.4, 0.5) is 16.0 Å². The van der Waals surface area contributed by atoms with E-state index < -0.39 is 0 Å². The lowest BCUT2D eigenvalue weighted by atomic mass is 10.1. The standard InChI is InChI=1S/C21H19FN4O2/c1-14(27)15-6-8-18(9-7-15)26-20(28)17-12-24-21(25-13-17)23-11-10-16-4-2-3-5-19(16)22/h2-9,12-13H,10-11H2,1H3,(H,26,28)(H,23,24,25). The molecule has 2 aromatic carbocycles. The molecular weight excluding hydrogens is 359 g/mol. The molecule has 142 valence electrons. The first-order valence-electron chi connectivity index (χ1n) is 8.74. The number of hydrogen-bond donors (Lipinski definition) is 2. The van der Waals surface area contributed by atoms with Gasteiger partial charge in [-0.3, -0.25) is 9.59 Å². The van der Waals surface area contributed by atoms with Crippen molar-refractivity contribution in [3.8, 4) is 0 Å². The van der Waals surface area contributed by atoms with Crippen molar-refractivity contribution in [2.24, 2.45) is 0 Å². The molecular formula is C21H19FN4O2. The Morgan fingerprint density at radius 1 is 0.964 bits per heavy atom. The molecule has 3 aromatic rings. The fraction of sp³-hybridized carbons (Fsp3) is 0.143. The van der Waals surface area contributed by atoms with Crippen LogP contribution in [0.25, 0.3) is 0 Å². The third-order valence-corrected chi connectivity index (χ3v) is 4.10. The zero-order valence-corrected chi connectivity index (χ0v) is 15.3. The van der Waals surface area contributed by atoms with Gasteiger partial charge in [0.25, 0.3) is 5.91 Å². The predicted molar refractivity (Wildman–Crippen MR) is 105 cm³/mol. The molecule has 1 heterocycles. The van der Waals surface area contributed by atoms with E-state index in [2.05, 4.69) is 20.6 Å². The molecule has 0 unspecified atom stereocenters. The molecule has 0 saturated carbocycles. The molecule has 0 aliphatic carbocycles. The Morgan fingerprint density at radius 3 is 2.29 bits per heavy atom. The van der Waals surface area contributed by atoms with E-state index in [9.17, 15) is 14.0 Å². The highest BCUT2D eigenvalue weighted by atomic mass is 19.1. The zero-order valence-electron chi connectivity index (χ0n) is 15.3. The van der Waals surface area contributed by atoms with E-state index in [0.717, 1.165) is 0 Å². The number of hydrogen-bond acceptors (Lipinski definition) is 5. The Hall–Kier alpha value is -3.61. The second-order valence-corrected chi connectivity index (χ2v) is 6.15. The topological polar surface area (TPSA) is 84.0 Å². The largest absolute Gasteiger partial charge is 0.354 e. The molecule has 1 amide bonds. The van der Waals surface area contributed by atoms with Gasteiger partial charge in [-0.15, -0.1) is 0 Å². The number of rotatable bonds is 7. The quantitative estimate of drug-likeness (QED) is 0.612. The molecule has 2 N–H and O–H groups in total. The molecule has 0 saturated heterocycles. The second kappa shape index (κ2) is 8.85. The van der Waals surface area contributed by atoms with Gasteiger partial charge in [0.05, 0.1) is 5.56 Å². The zero-order chi connectivity index (χ0) is 19.9. The first-order chi connectivity index (χ1) is 13.5. The van der Waals surface area contributed by atoms with Crippen LogP contribution >= 0.6 is 0 Å². The van der Waals surface area contributed by atoms with Crippen LogP contribution in [0.3, 0.4) is 0 Å². The number of anilines is 2. The van der Waals surface area contributed by atoms with Gasteiger partial charge < -0.3 is 10.6 Å². The molecule has 0 spiro atoms. The highest BCUT2D eigenvalue weighted by Crippen LogP contribution is 2.12. The van der Waals surface area contributed by atoms with Crippen LogP contribution in [0, 0.1) is 5.82 Å². The normalized spacial score (nSPS) is 10.4. The number of nitrogens with zero attached hydrogens (tertiary/aromatic N) is 2. The average molecular weight is 378 g/mol. The number of nitrogens with one attached hydrogen (secondary N) is 2. The number of aromatic nitrogens is 2. The molecule has 0 radical (unpaired) electrons. The van der Waals surface area contributed by atoms with Crippen LogP contribution in [-0.2, 0) is 6.42 Å². The SMILES string of the molecule is CC(=O)c1ccc(NC(=O)c2cnc(NCCc3ccccc3F)nc2)cc1. The molecule has 0 atom stereocenters. The highest BCUT2D eigenvalue weighted by molar-refractivity contribution is 6.04. The Labute approximate surface area is 161 Å². The maximum atomic E-state index is 13.6. The summed E-state index contributed by atoms with van der Waals surface area (Å²) in [6.45, 7) is 1.95. The monoisotopic (exact) mass is 378 g/mol. The van der Waals surface area contributed by atoms with Crippen LogP contribution in [0.5, 0.6) is 0 Å². The number of Topliss-reactive ketones (excluding diaryl/α,β-unsaturated/α-hetero) is 1. The van der Waals surface area contributed by atoms with E-state index in [1.807, 2.05) is 0 Å². The van der Waals surface area contributed by atoms with Crippen LogP contribution < -0.4 is 10.6 Å². The van der Waals surface area contributed by atoms with Crippen molar-refractivity contribution in [2.75, 3.05) is 17.2 Å². The summed E-state index contributed by atoms with van der Waals surface area (Å²) in [6, 6.07) is 13.2. The van der Waals surface area contributed by atoms with E-state index in [0.29, 0.717) is 41.3 Å². The van der Waals surface area contributed by atoms with Crippen LogP contribution in [-0.4, -0.2) is 28.2 Å². The lowest BCUT2D eigenvalue weighted by Gasteiger charge is -2.07. The number of ketones is 1. The molecule has 1 aromatic heterocycles. The van der Waals surface area contributed by atoms with Gasteiger partial charge in [0.2, 0.25) is 5.95 Å². The fourth-order valence-corrected chi connectivity index (χ4v) is 2.54. The van der Waals surface area contributed by atoms with E-state index >= 15 is 0 Å². The summed E-state index contributed by atoms with van der Waals surface area (Å²) < 4.78 is 13.6. The Balaban J connectivity index is 1.53. The lowest BCUT2D eigenvalue weighted by molar-refractivity contribution is 0.101. The first kappa shape index (κ1) is 19.2. The molecule has 3 rings (SSSR count). The van der Waals surface area contributed by atoms with Gasteiger partial charge in [-0.25, -0.2) is 14.4 Å². The van der Waals surface area contributed by atoms with Crippen molar-refractivity contribution in [3.63, 3.8) is 0 Å². The van der Waals surface area contributed by atoms with Crippen molar-refractivity contribution < 1.29 is 14.0 Å². The number of amides is 1. The summed E-state index contributed by atoms with van der Waals surface area (Å²) in [6.07, 6.45) is 3.32. The number of carbonyl (C=O) groups excluding carboxylic acids is 2. The minimum absolute atomic E-state index is 0.0376. The highest BCUT2D eigenvalue weighted by Gasteiger charge is 2.09. The molecule has 0 aliphatic rings. The summed E-state index contributed by atoms with van der Waals surface area (Å²) in [4.78, 5) is 31.8. The van der Waals surface area contributed by atoms with E-state index in [-0.39, 0.29) is 17.5 Å². The maximum Gasteiger partial charge on any atom is 0.258 e. The summed E-state index contributed by atoms with van der Waals surface area (Å²) >= 11 is 0. The van der Waals surface area contributed by atoms with Crippen molar-refractivity contribution in [1.82, 2.24) is 9.97 Å². The molecule has 28 heavy (non-hydrogen) atoms. The first-order valence-corrected chi connectivity index (χ1v) is 8.74. The third-order valence-electron chi connectivity index (χ3n) is 4.10. The molecule has 0 aliphatic heterocycles. The number of benzene rings is 2. The number of halogens is 1. The van der Waals surface area contributed by atoms with Crippen molar-refractivity contribution in [3.05, 3.63) is 83.4 Å². The molecule has 6 nitrogen and oxygen atoms in total. The Bertz CT molecular complexity index is 972. The van der Waals surface area contributed by atoms with Gasteiger partial charge in [0.1, 0.15) is 5.82 Å². The van der Waals surface area contributed by atoms with Crippen molar-refractivity contribution in [1.29, 1.82) is 0 Å². The molecule has 0 fully saturated rings. The Kier molecular flexibility index (Phi) is 6.06. The van der Waals surface area contributed by atoms with Gasteiger partial charge in [0.15, 0.2) is 5.78 Å². The summed E-state index contributed by atoms with van der Waals surface area (Å²) in [5.41, 5.74) is 2.06. The van der Waals surface area contributed by atoms with Crippen LogP contribution in [0.15, 0.2) is 60.9 Å². The summed E-state index contributed by atoms with van der Waals surface area (Å²) in [5.74, 6) is -0.273. The Morgan fingerprint density at radius 2 is 1.64 bits per heavy atom. The van der Waals surface area contributed by atoms with Gasteiger partial charge in [-0.2, -0.15) is 0 Å². The third kappa shape index (κ3) is 4.97. The summed E-state index contributed by atoms with van der Waals surface area (Å²) in [7, 11) is 0. The van der Waals surface area contributed by atoms with Gasteiger partial charge >= 0.3 is 0 Å². The predicted octanol–water partition coefficient (Wildman–Crippen LogP) is 3.73. The van der Waals surface area contributed by atoms with Crippen LogP contribution in [0.2, 0.25) is 0 Å². The molecule has 0 bridgehead atoms. The molecule has 7 heteroatoms. The smallest absolute Gasteiger partial charge is 0.258 e. The lowest BCUT2D eigenvalue weighted by Crippen LogP contribution is -2.14. The van der Waals surface area contributed by atoms with E-state index in [1.165, 1.54) is 25.4 Å². The minimum atomic E-state index is -0.353. The van der Waals surface area contributed by atoms with E-state index in [4.69, 9.17) is 0 Å². The van der Waals surface area contributed by atoms with Gasteiger partial charge in [-0.05, 0) is 49.2 Å². The van der Waals surface area contributed by atoms with Gasteiger partial charge in [0, 0.05) is 30.2 Å². The van der Waals surface area contributed by atoms with Crippen LogP contribution in [0.1, 0.15) is 33.2 Å². The second-order valence-electron chi connectivity index (χ2n) is 6.15. The van der Waals surface area contributed by atoms with E-state index in [1.54, 1.807) is 42.5 Å². The van der Waals surface area contributed by atoms with Crippen molar-refractivity contribution >= 4 is 23.3 Å². The average Bonchev–Trinajstić information content (AvgIpc) is 2.70. The van der Waals surface area contributed by atoms with Crippen molar-refractivity contribution in [2.45, 2.75) is 13.3 Å². The minimum Gasteiger partial charge on any atom is -0.354 e.